The number of benzene rings is 1. The molecule has 3 rings (SSSR count). The van der Waals surface area contributed by atoms with Crippen LogP contribution in [0.15, 0.2) is 24.3 Å². The standard InChI is InChI=1S/C16H21N5O/c1-12-18-13(2)21(19-12)15-6-4-14(5-7-15)16(22)20-10-3-8-17-9-11-20/h4-7,17H,3,8-11H2,1-2H3. The lowest BCUT2D eigenvalue weighted by Crippen LogP contribution is -2.34. The van der Waals surface area contributed by atoms with Crippen LogP contribution in [0.1, 0.15) is 28.4 Å². The molecule has 0 radical (unpaired) electrons. The Labute approximate surface area is 130 Å². The number of nitrogens with one attached hydrogen (secondary N) is 1. The molecule has 0 spiro atoms. The number of aryl methyl sites for hydroxylation is 2. The van der Waals surface area contributed by atoms with Gasteiger partial charge in [-0.3, -0.25) is 4.79 Å². The Morgan fingerprint density at radius 1 is 1.14 bits per heavy atom. The van der Waals surface area contributed by atoms with E-state index in [2.05, 4.69) is 15.4 Å². The van der Waals surface area contributed by atoms with E-state index >= 15 is 0 Å². The van der Waals surface area contributed by atoms with E-state index in [1.807, 2.05) is 43.0 Å². The molecule has 0 bridgehead atoms. The molecule has 0 atom stereocenters. The molecule has 22 heavy (non-hydrogen) atoms. The molecule has 6 nitrogen and oxygen atoms in total. The van der Waals surface area contributed by atoms with Gasteiger partial charge in [0.05, 0.1) is 5.69 Å². The zero-order valence-electron chi connectivity index (χ0n) is 13.0. The number of hydrogen-bond donors (Lipinski definition) is 1. The Morgan fingerprint density at radius 3 is 2.59 bits per heavy atom. The summed E-state index contributed by atoms with van der Waals surface area (Å²) in [4.78, 5) is 18.7. The predicted octanol–water partition coefficient (Wildman–Crippen LogP) is 1.32. The van der Waals surface area contributed by atoms with Gasteiger partial charge in [0.15, 0.2) is 0 Å². The first kappa shape index (κ1) is 14.7. The molecule has 116 valence electrons. The highest BCUT2D eigenvalue weighted by Crippen LogP contribution is 2.13. The first-order valence-electron chi connectivity index (χ1n) is 7.66. The molecule has 1 amide bonds. The second kappa shape index (κ2) is 6.27. The zero-order valence-corrected chi connectivity index (χ0v) is 13.0. The lowest BCUT2D eigenvalue weighted by atomic mass is 10.1. The highest BCUT2D eigenvalue weighted by atomic mass is 16.2. The minimum Gasteiger partial charge on any atom is -0.337 e. The van der Waals surface area contributed by atoms with Crippen molar-refractivity contribution in [1.29, 1.82) is 0 Å². The van der Waals surface area contributed by atoms with Crippen LogP contribution < -0.4 is 5.32 Å². The number of carbonyl (C=O) groups excluding carboxylic acids is 1. The molecular formula is C16H21N5O. The SMILES string of the molecule is Cc1nc(C)n(-c2ccc(C(=O)N3CCCNCC3)cc2)n1. The highest BCUT2D eigenvalue weighted by molar-refractivity contribution is 5.94. The maximum Gasteiger partial charge on any atom is 0.253 e. The Morgan fingerprint density at radius 2 is 1.91 bits per heavy atom. The summed E-state index contributed by atoms with van der Waals surface area (Å²) in [6.45, 7) is 7.21. The maximum atomic E-state index is 12.5. The summed E-state index contributed by atoms with van der Waals surface area (Å²) < 4.78 is 1.79. The molecule has 1 aromatic heterocycles. The summed E-state index contributed by atoms with van der Waals surface area (Å²) in [7, 11) is 0. The monoisotopic (exact) mass is 299 g/mol. The summed E-state index contributed by atoms with van der Waals surface area (Å²) in [5.41, 5.74) is 1.65. The van der Waals surface area contributed by atoms with Crippen molar-refractivity contribution in [1.82, 2.24) is 25.0 Å². The van der Waals surface area contributed by atoms with Crippen molar-refractivity contribution in [3.63, 3.8) is 0 Å². The van der Waals surface area contributed by atoms with Gasteiger partial charge in [-0.2, -0.15) is 5.10 Å². The van der Waals surface area contributed by atoms with Crippen LogP contribution in [-0.2, 0) is 0 Å². The van der Waals surface area contributed by atoms with E-state index < -0.39 is 0 Å². The number of aromatic nitrogens is 3. The lowest BCUT2D eigenvalue weighted by molar-refractivity contribution is 0.0766. The van der Waals surface area contributed by atoms with Crippen LogP contribution in [0.2, 0.25) is 0 Å². The molecule has 2 aromatic rings. The molecule has 6 heteroatoms. The summed E-state index contributed by atoms with van der Waals surface area (Å²) in [6.07, 6.45) is 1.00. The second-order valence-electron chi connectivity index (χ2n) is 5.56. The van der Waals surface area contributed by atoms with Gasteiger partial charge in [0.25, 0.3) is 5.91 Å². The quantitative estimate of drug-likeness (QED) is 0.908. The van der Waals surface area contributed by atoms with Crippen molar-refractivity contribution < 1.29 is 4.79 Å². The maximum absolute atomic E-state index is 12.5. The number of amides is 1. The van der Waals surface area contributed by atoms with Crippen LogP contribution in [-0.4, -0.2) is 51.8 Å². The van der Waals surface area contributed by atoms with Crippen molar-refractivity contribution >= 4 is 5.91 Å². The van der Waals surface area contributed by atoms with Gasteiger partial charge in [0, 0.05) is 25.2 Å². The Balaban J connectivity index is 1.78. The van der Waals surface area contributed by atoms with Crippen molar-refractivity contribution in [3.05, 3.63) is 41.5 Å². The van der Waals surface area contributed by atoms with Gasteiger partial charge in [0.1, 0.15) is 11.6 Å². The van der Waals surface area contributed by atoms with Crippen LogP contribution >= 0.6 is 0 Å². The summed E-state index contributed by atoms with van der Waals surface area (Å²) in [5.74, 6) is 1.69. The number of rotatable bonds is 2. The molecule has 0 unspecified atom stereocenters. The Bertz CT molecular complexity index is 654. The Hall–Kier alpha value is -2.21. The number of hydrogen-bond acceptors (Lipinski definition) is 4. The summed E-state index contributed by atoms with van der Waals surface area (Å²) in [5, 5.41) is 7.67. The number of nitrogens with zero attached hydrogens (tertiary/aromatic N) is 4. The van der Waals surface area contributed by atoms with Crippen LogP contribution in [0.3, 0.4) is 0 Å². The first-order chi connectivity index (χ1) is 10.6. The molecule has 1 fully saturated rings. The zero-order chi connectivity index (χ0) is 15.5. The third-order valence-electron chi connectivity index (χ3n) is 3.86. The molecule has 1 N–H and O–H groups in total. The molecule has 1 aromatic carbocycles. The highest BCUT2D eigenvalue weighted by Gasteiger charge is 2.17. The smallest absolute Gasteiger partial charge is 0.253 e. The third kappa shape index (κ3) is 3.01. The molecule has 0 saturated carbocycles. The average molecular weight is 299 g/mol. The van der Waals surface area contributed by atoms with Crippen LogP contribution in [0, 0.1) is 13.8 Å². The molecule has 1 aliphatic rings. The van der Waals surface area contributed by atoms with Crippen molar-refractivity contribution in [3.8, 4) is 5.69 Å². The molecule has 0 aliphatic carbocycles. The fraction of sp³-hybridized carbons (Fsp3) is 0.438. The van der Waals surface area contributed by atoms with E-state index in [0.29, 0.717) is 0 Å². The normalized spacial score (nSPS) is 15.6. The van der Waals surface area contributed by atoms with Crippen molar-refractivity contribution in [2.45, 2.75) is 20.3 Å². The average Bonchev–Trinajstić information content (AvgIpc) is 2.73. The predicted molar refractivity (Wildman–Crippen MR) is 84.2 cm³/mol. The Kier molecular flexibility index (Phi) is 4.20. The van der Waals surface area contributed by atoms with Crippen LogP contribution in [0.25, 0.3) is 5.69 Å². The van der Waals surface area contributed by atoms with E-state index in [9.17, 15) is 4.79 Å². The minimum atomic E-state index is 0.0988. The van der Waals surface area contributed by atoms with Gasteiger partial charge in [-0.15, -0.1) is 0 Å². The third-order valence-corrected chi connectivity index (χ3v) is 3.86. The van der Waals surface area contributed by atoms with E-state index in [-0.39, 0.29) is 5.91 Å². The van der Waals surface area contributed by atoms with E-state index in [0.717, 1.165) is 55.5 Å². The lowest BCUT2D eigenvalue weighted by Gasteiger charge is -2.20. The topological polar surface area (TPSA) is 63.1 Å². The van der Waals surface area contributed by atoms with Crippen LogP contribution in [0.4, 0.5) is 0 Å². The molecule has 1 saturated heterocycles. The fourth-order valence-corrected chi connectivity index (χ4v) is 2.74. The largest absolute Gasteiger partial charge is 0.337 e. The van der Waals surface area contributed by atoms with Gasteiger partial charge < -0.3 is 10.2 Å². The first-order valence-corrected chi connectivity index (χ1v) is 7.66. The summed E-state index contributed by atoms with van der Waals surface area (Å²) in [6, 6.07) is 7.58. The molecule has 2 heterocycles. The van der Waals surface area contributed by atoms with Gasteiger partial charge in [0.2, 0.25) is 0 Å². The second-order valence-corrected chi connectivity index (χ2v) is 5.56. The van der Waals surface area contributed by atoms with Crippen LogP contribution in [0.5, 0.6) is 0 Å². The van der Waals surface area contributed by atoms with Crippen molar-refractivity contribution in [2.24, 2.45) is 0 Å². The van der Waals surface area contributed by atoms with Gasteiger partial charge in [-0.05, 0) is 51.1 Å². The molecule has 1 aliphatic heterocycles. The van der Waals surface area contributed by atoms with Crippen molar-refractivity contribution in [2.75, 3.05) is 26.2 Å². The van der Waals surface area contributed by atoms with Gasteiger partial charge >= 0.3 is 0 Å². The molecular weight excluding hydrogens is 278 g/mol. The summed E-state index contributed by atoms with van der Waals surface area (Å²) >= 11 is 0. The van der Waals surface area contributed by atoms with E-state index in [4.69, 9.17) is 0 Å². The van der Waals surface area contributed by atoms with E-state index in [1.54, 1.807) is 4.68 Å². The number of carbonyl (C=O) groups is 1. The fourth-order valence-electron chi connectivity index (χ4n) is 2.74. The minimum absolute atomic E-state index is 0.0988. The van der Waals surface area contributed by atoms with E-state index in [1.165, 1.54) is 0 Å². The van der Waals surface area contributed by atoms with Gasteiger partial charge in [-0.25, -0.2) is 9.67 Å². The van der Waals surface area contributed by atoms with Gasteiger partial charge in [-0.1, -0.05) is 0 Å².